The van der Waals surface area contributed by atoms with Crippen LogP contribution in [0.15, 0.2) is 11.6 Å². The van der Waals surface area contributed by atoms with E-state index in [-0.39, 0.29) is 5.91 Å². The van der Waals surface area contributed by atoms with Crippen molar-refractivity contribution in [2.24, 2.45) is 0 Å². The van der Waals surface area contributed by atoms with E-state index in [9.17, 15) is 4.79 Å². The molecular formula is C12H22ClN3O. The Morgan fingerprint density at radius 3 is 2.53 bits per heavy atom. The van der Waals surface area contributed by atoms with Crippen LogP contribution in [0.3, 0.4) is 0 Å². The molecule has 1 aliphatic rings. The fraction of sp³-hybridized carbons (Fsp3) is 0.750. The highest BCUT2D eigenvalue weighted by molar-refractivity contribution is 6.29. The quantitative estimate of drug-likeness (QED) is 0.796. The third-order valence-corrected chi connectivity index (χ3v) is 3.16. The van der Waals surface area contributed by atoms with E-state index < -0.39 is 0 Å². The number of halogens is 1. The van der Waals surface area contributed by atoms with Gasteiger partial charge in [-0.3, -0.25) is 9.69 Å². The maximum atomic E-state index is 11.5. The summed E-state index contributed by atoms with van der Waals surface area (Å²) in [6.45, 7) is 6.78. The van der Waals surface area contributed by atoms with Crippen LogP contribution in [-0.4, -0.2) is 62.0 Å². The minimum atomic E-state index is 0.172. The number of carbonyl (C=O) groups excluding carboxylic acids is 1. The molecule has 0 aromatic rings. The molecule has 1 heterocycles. The van der Waals surface area contributed by atoms with Crippen molar-refractivity contribution in [3.63, 3.8) is 0 Å². The minimum Gasteiger partial charge on any atom is -0.348 e. The van der Waals surface area contributed by atoms with Gasteiger partial charge in [0, 0.05) is 44.8 Å². The Kier molecular flexibility index (Phi) is 5.95. The molecule has 0 spiro atoms. The van der Waals surface area contributed by atoms with Crippen LogP contribution < -0.4 is 5.32 Å². The fourth-order valence-electron chi connectivity index (χ4n) is 1.88. The van der Waals surface area contributed by atoms with Gasteiger partial charge in [0.1, 0.15) is 0 Å². The van der Waals surface area contributed by atoms with E-state index in [0.29, 0.717) is 24.2 Å². The van der Waals surface area contributed by atoms with Gasteiger partial charge in [0.2, 0.25) is 5.91 Å². The molecule has 0 aromatic heterocycles. The molecule has 1 N–H and O–H groups in total. The molecule has 1 amide bonds. The predicted octanol–water partition coefficient (Wildman–Crippen LogP) is 0.881. The van der Waals surface area contributed by atoms with Gasteiger partial charge < -0.3 is 10.2 Å². The molecule has 1 saturated heterocycles. The number of nitrogens with zero attached hydrogens (tertiary/aromatic N) is 2. The molecule has 5 heteroatoms. The van der Waals surface area contributed by atoms with Crippen LogP contribution in [-0.2, 0) is 4.79 Å². The van der Waals surface area contributed by atoms with Gasteiger partial charge in [-0.1, -0.05) is 18.2 Å². The zero-order valence-electron chi connectivity index (χ0n) is 10.7. The Morgan fingerprint density at radius 1 is 1.47 bits per heavy atom. The summed E-state index contributed by atoms with van der Waals surface area (Å²) in [6, 6.07) is 0.496. The Balaban J connectivity index is 2.21. The van der Waals surface area contributed by atoms with Gasteiger partial charge in [0.25, 0.3) is 0 Å². The largest absolute Gasteiger partial charge is 0.348 e. The van der Waals surface area contributed by atoms with Crippen molar-refractivity contribution in [1.29, 1.82) is 0 Å². The van der Waals surface area contributed by atoms with E-state index in [4.69, 9.17) is 11.6 Å². The third kappa shape index (κ3) is 5.52. The van der Waals surface area contributed by atoms with Crippen molar-refractivity contribution in [1.82, 2.24) is 15.1 Å². The molecule has 1 aliphatic heterocycles. The van der Waals surface area contributed by atoms with E-state index in [1.54, 1.807) is 19.0 Å². The molecular weight excluding hydrogens is 238 g/mol. The van der Waals surface area contributed by atoms with Gasteiger partial charge in [-0.25, -0.2) is 0 Å². The number of hydrogen-bond donors (Lipinski definition) is 1. The molecule has 0 saturated carbocycles. The Bertz CT molecular complexity index is 273. The smallest absolute Gasteiger partial charge is 0.236 e. The topological polar surface area (TPSA) is 35.6 Å². The number of hydrogen-bond acceptors (Lipinski definition) is 3. The van der Waals surface area contributed by atoms with Crippen LogP contribution in [0.4, 0.5) is 0 Å². The fourth-order valence-corrected chi connectivity index (χ4v) is 1.96. The summed E-state index contributed by atoms with van der Waals surface area (Å²) in [7, 11) is 3.59. The van der Waals surface area contributed by atoms with Gasteiger partial charge in [-0.05, 0) is 12.8 Å². The molecule has 4 nitrogen and oxygen atoms in total. The van der Waals surface area contributed by atoms with Crippen molar-refractivity contribution in [3.05, 3.63) is 11.6 Å². The first-order valence-corrected chi connectivity index (χ1v) is 6.36. The van der Waals surface area contributed by atoms with Crippen molar-refractivity contribution < 1.29 is 4.79 Å². The summed E-state index contributed by atoms with van der Waals surface area (Å²) in [5, 5.41) is 4.01. The molecule has 0 bridgehead atoms. The predicted molar refractivity (Wildman–Crippen MR) is 71.2 cm³/mol. The normalized spacial score (nSPS) is 18.1. The molecule has 98 valence electrons. The molecule has 0 aliphatic carbocycles. The highest BCUT2D eigenvalue weighted by Gasteiger charge is 2.20. The van der Waals surface area contributed by atoms with Crippen LogP contribution in [0.1, 0.15) is 12.8 Å². The lowest BCUT2D eigenvalue weighted by Gasteiger charge is -2.32. The number of nitrogens with one attached hydrogen (secondary N) is 1. The lowest BCUT2D eigenvalue weighted by atomic mass is 10.1. The minimum absolute atomic E-state index is 0.172. The van der Waals surface area contributed by atoms with Gasteiger partial charge in [-0.15, -0.1) is 0 Å². The van der Waals surface area contributed by atoms with Crippen LogP contribution in [0.5, 0.6) is 0 Å². The first kappa shape index (κ1) is 14.5. The van der Waals surface area contributed by atoms with Crippen molar-refractivity contribution in [2.45, 2.75) is 18.9 Å². The molecule has 0 atom stereocenters. The van der Waals surface area contributed by atoms with Crippen molar-refractivity contribution >= 4 is 17.5 Å². The zero-order valence-corrected chi connectivity index (χ0v) is 11.5. The third-order valence-electron chi connectivity index (χ3n) is 3.03. The maximum absolute atomic E-state index is 11.5. The monoisotopic (exact) mass is 259 g/mol. The van der Waals surface area contributed by atoms with Crippen LogP contribution >= 0.6 is 11.6 Å². The number of rotatable bonds is 5. The number of carbonyl (C=O) groups is 1. The second-order valence-corrected chi connectivity index (χ2v) is 5.27. The Labute approximate surface area is 109 Å². The molecule has 0 radical (unpaired) electrons. The lowest BCUT2D eigenvalue weighted by Crippen LogP contribution is -2.46. The zero-order chi connectivity index (χ0) is 12.8. The van der Waals surface area contributed by atoms with Gasteiger partial charge in [-0.2, -0.15) is 0 Å². The van der Waals surface area contributed by atoms with Gasteiger partial charge in [0.15, 0.2) is 0 Å². The van der Waals surface area contributed by atoms with Crippen LogP contribution in [0.2, 0.25) is 0 Å². The van der Waals surface area contributed by atoms with E-state index in [2.05, 4.69) is 16.8 Å². The Morgan fingerprint density at radius 2 is 2.06 bits per heavy atom. The summed E-state index contributed by atoms with van der Waals surface area (Å²) in [5.74, 6) is 0.172. The first-order valence-electron chi connectivity index (χ1n) is 5.98. The standard InChI is InChI=1S/C12H22ClN3O/c1-10(13)8-14-11-4-6-16(7-5-11)9-12(17)15(2)3/h11,14H,1,4-9H2,2-3H3. The highest BCUT2D eigenvalue weighted by atomic mass is 35.5. The summed E-state index contributed by atoms with van der Waals surface area (Å²) in [5.41, 5.74) is 0. The number of amides is 1. The Hall–Kier alpha value is -0.580. The van der Waals surface area contributed by atoms with E-state index in [1.165, 1.54) is 0 Å². The number of likely N-dealkylation sites (tertiary alicyclic amines) is 1. The average Bonchev–Trinajstić information content (AvgIpc) is 2.28. The molecule has 1 fully saturated rings. The summed E-state index contributed by atoms with van der Waals surface area (Å²) < 4.78 is 0. The summed E-state index contributed by atoms with van der Waals surface area (Å²) in [6.07, 6.45) is 2.12. The highest BCUT2D eigenvalue weighted by Crippen LogP contribution is 2.10. The van der Waals surface area contributed by atoms with E-state index in [0.717, 1.165) is 25.9 Å². The van der Waals surface area contributed by atoms with E-state index >= 15 is 0 Å². The molecule has 17 heavy (non-hydrogen) atoms. The van der Waals surface area contributed by atoms with Gasteiger partial charge in [0.05, 0.1) is 6.54 Å². The summed E-state index contributed by atoms with van der Waals surface area (Å²) >= 11 is 5.71. The van der Waals surface area contributed by atoms with Gasteiger partial charge >= 0.3 is 0 Å². The first-order chi connectivity index (χ1) is 7.99. The van der Waals surface area contributed by atoms with Crippen molar-refractivity contribution in [2.75, 3.05) is 40.3 Å². The van der Waals surface area contributed by atoms with E-state index in [1.807, 2.05) is 0 Å². The number of piperidine rings is 1. The maximum Gasteiger partial charge on any atom is 0.236 e. The SMILES string of the molecule is C=C(Cl)CNC1CCN(CC(=O)N(C)C)CC1. The lowest BCUT2D eigenvalue weighted by molar-refractivity contribution is -0.130. The molecule has 1 rings (SSSR count). The van der Waals surface area contributed by atoms with Crippen LogP contribution in [0, 0.1) is 0 Å². The molecule has 0 aromatic carbocycles. The number of likely N-dealkylation sites (N-methyl/N-ethyl adjacent to an activating group) is 1. The summed E-state index contributed by atoms with van der Waals surface area (Å²) in [4.78, 5) is 15.4. The van der Waals surface area contributed by atoms with Crippen LogP contribution in [0.25, 0.3) is 0 Å². The molecule has 0 unspecified atom stereocenters. The second kappa shape index (κ2) is 6.99. The second-order valence-electron chi connectivity index (χ2n) is 4.74. The van der Waals surface area contributed by atoms with Crippen molar-refractivity contribution in [3.8, 4) is 0 Å². The average molecular weight is 260 g/mol.